The number of nitrogens with zero attached hydrogens (tertiary/aromatic N) is 1. The van der Waals surface area contributed by atoms with E-state index >= 15 is 0 Å². The molecule has 2 N–H and O–H groups in total. The lowest BCUT2D eigenvalue weighted by atomic mass is 9.92. The lowest BCUT2D eigenvalue weighted by Gasteiger charge is -2.37. The van der Waals surface area contributed by atoms with Gasteiger partial charge in [-0.2, -0.15) is 0 Å². The van der Waals surface area contributed by atoms with Crippen LogP contribution in [0.4, 0.5) is 14.9 Å². The third-order valence-corrected chi connectivity index (χ3v) is 3.76. The predicted molar refractivity (Wildman–Crippen MR) is 77.8 cm³/mol. The average Bonchev–Trinajstić information content (AvgIpc) is 2.43. The Morgan fingerprint density at radius 3 is 2.76 bits per heavy atom. The lowest BCUT2D eigenvalue weighted by Crippen LogP contribution is -2.50. The molecule has 2 amide bonds. The van der Waals surface area contributed by atoms with Crippen LogP contribution in [0.25, 0.3) is 0 Å². The van der Waals surface area contributed by atoms with E-state index in [1.165, 1.54) is 13.2 Å². The SMILES string of the molecule is COCC1(O)CCN(C(=O)Nc2cc(C)ccc2F)CC1. The summed E-state index contributed by atoms with van der Waals surface area (Å²) in [7, 11) is 1.54. The first-order chi connectivity index (χ1) is 9.93. The van der Waals surface area contributed by atoms with Crippen molar-refractivity contribution in [3.63, 3.8) is 0 Å². The molecule has 116 valence electrons. The standard InChI is InChI=1S/C15H21FN2O3/c1-11-3-4-12(16)13(9-11)17-14(19)18-7-5-15(20,6-8-18)10-21-2/h3-4,9,20H,5-8,10H2,1-2H3,(H,17,19). The fourth-order valence-electron chi connectivity index (χ4n) is 2.47. The van der Waals surface area contributed by atoms with Crippen LogP contribution in [-0.2, 0) is 4.74 Å². The van der Waals surface area contributed by atoms with Crippen LogP contribution < -0.4 is 5.32 Å². The molecule has 1 aliphatic heterocycles. The highest BCUT2D eigenvalue weighted by molar-refractivity contribution is 5.89. The quantitative estimate of drug-likeness (QED) is 0.898. The van der Waals surface area contributed by atoms with Gasteiger partial charge in [-0.3, -0.25) is 0 Å². The van der Waals surface area contributed by atoms with Crippen LogP contribution in [0.15, 0.2) is 18.2 Å². The van der Waals surface area contributed by atoms with Gasteiger partial charge in [-0.05, 0) is 37.5 Å². The first kappa shape index (κ1) is 15.7. The van der Waals surface area contributed by atoms with Crippen LogP contribution in [0, 0.1) is 12.7 Å². The molecule has 0 saturated carbocycles. The number of likely N-dealkylation sites (tertiary alicyclic amines) is 1. The van der Waals surface area contributed by atoms with Crippen molar-refractivity contribution < 1.29 is 19.0 Å². The molecule has 21 heavy (non-hydrogen) atoms. The fourth-order valence-corrected chi connectivity index (χ4v) is 2.47. The van der Waals surface area contributed by atoms with Crippen LogP contribution in [-0.4, -0.2) is 48.4 Å². The zero-order valence-corrected chi connectivity index (χ0v) is 12.4. The second-order valence-electron chi connectivity index (χ2n) is 5.56. The Balaban J connectivity index is 1.95. The van der Waals surface area contributed by atoms with Gasteiger partial charge in [0.2, 0.25) is 0 Å². The number of carbonyl (C=O) groups excluding carboxylic acids is 1. The Kier molecular flexibility index (Phi) is 4.80. The number of hydrogen-bond acceptors (Lipinski definition) is 3. The summed E-state index contributed by atoms with van der Waals surface area (Å²) in [6.07, 6.45) is 0.898. The number of rotatable bonds is 3. The molecule has 1 saturated heterocycles. The van der Waals surface area contributed by atoms with Gasteiger partial charge in [0, 0.05) is 20.2 Å². The van der Waals surface area contributed by atoms with E-state index < -0.39 is 11.4 Å². The molecule has 1 aromatic carbocycles. The number of anilines is 1. The molecular weight excluding hydrogens is 275 g/mol. The Morgan fingerprint density at radius 2 is 2.14 bits per heavy atom. The van der Waals surface area contributed by atoms with Crippen LogP contribution in [0.3, 0.4) is 0 Å². The second kappa shape index (κ2) is 6.41. The number of aryl methyl sites for hydroxylation is 1. The summed E-state index contributed by atoms with van der Waals surface area (Å²) in [5.41, 5.74) is 0.178. The maximum Gasteiger partial charge on any atom is 0.321 e. The van der Waals surface area contributed by atoms with E-state index in [0.717, 1.165) is 5.56 Å². The molecule has 0 atom stereocenters. The van der Waals surface area contributed by atoms with Crippen molar-refractivity contribution in [3.8, 4) is 0 Å². The topological polar surface area (TPSA) is 61.8 Å². The highest BCUT2D eigenvalue weighted by Gasteiger charge is 2.34. The smallest absolute Gasteiger partial charge is 0.321 e. The summed E-state index contributed by atoms with van der Waals surface area (Å²) in [5, 5.41) is 12.8. The number of amides is 2. The van der Waals surface area contributed by atoms with Crippen molar-refractivity contribution in [2.45, 2.75) is 25.4 Å². The van der Waals surface area contributed by atoms with Crippen LogP contribution in [0.2, 0.25) is 0 Å². The van der Waals surface area contributed by atoms with Gasteiger partial charge in [-0.1, -0.05) is 6.07 Å². The first-order valence-electron chi connectivity index (χ1n) is 6.97. The Morgan fingerprint density at radius 1 is 1.48 bits per heavy atom. The number of ether oxygens (including phenoxy) is 1. The van der Waals surface area contributed by atoms with E-state index in [1.807, 2.05) is 6.92 Å². The molecule has 0 radical (unpaired) electrons. The largest absolute Gasteiger partial charge is 0.387 e. The summed E-state index contributed by atoms with van der Waals surface area (Å²) < 4.78 is 18.6. The maximum absolute atomic E-state index is 13.6. The van der Waals surface area contributed by atoms with Gasteiger partial charge in [0.15, 0.2) is 0 Å². The van der Waals surface area contributed by atoms with E-state index in [1.54, 1.807) is 17.0 Å². The van der Waals surface area contributed by atoms with E-state index in [9.17, 15) is 14.3 Å². The third-order valence-electron chi connectivity index (χ3n) is 3.76. The lowest BCUT2D eigenvalue weighted by molar-refractivity contribution is -0.0642. The normalized spacial score (nSPS) is 17.6. The van der Waals surface area contributed by atoms with Crippen LogP contribution >= 0.6 is 0 Å². The van der Waals surface area contributed by atoms with E-state index in [-0.39, 0.29) is 18.3 Å². The molecule has 2 rings (SSSR count). The van der Waals surface area contributed by atoms with E-state index in [4.69, 9.17) is 4.74 Å². The van der Waals surface area contributed by atoms with Crippen LogP contribution in [0.5, 0.6) is 0 Å². The van der Waals surface area contributed by atoms with Gasteiger partial charge in [0.1, 0.15) is 5.82 Å². The van der Waals surface area contributed by atoms with Gasteiger partial charge >= 0.3 is 6.03 Å². The number of methoxy groups -OCH3 is 1. The van der Waals surface area contributed by atoms with Crippen molar-refractivity contribution in [1.82, 2.24) is 4.90 Å². The number of hydrogen-bond donors (Lipinski definition) is 2. The molecule has 0 unspecified atom stereocenters. The van der Waals surface area contributed by atoms with Gasteiger partial charge < -0.3 is 20.1 Å². The summed E-state index contributed by atoms with van der Waals surface area (Å²) in [6, 6.07) is 4.23. The number of urea groups is 1. The highest BCUT2D eigenvalue weighted by atomic mass is 19.1. The zero-order chi connectivity index (χ0) is 15.5. The van der Waals surface area contributed by atoms with Crippen molar-refractivity contribution in [2.75, 3.05) is 32.1 Å². The Labute approximate surface area is 123 Å². The van der Waals surface area contributed by atoms with E-state index in [2.05, 4.69) is 5.32 Å². The van der Waals surface area contributed by atoms with Gasteiger partial charge in [-0.25, -0.2) is 9.18 Å². The Hall–Kier alpha value is -1.66. The number of piperidine rings is 1. The summed E-state index contributed by atoms with van der Waals surface area (Å²) in [6.45, 7) is 2.92. The minimum Gasteiger partial charge on any atom is -0.387 e. The molecule has 5 nitrogen and oxygen atoms in total. The second-order valence-corrected chi connectivity index (χ2v) is 5.56. The van der Waals surface area contributed by atoms with E-state index in [0.29, 0.717) is 25.9 Å². The minimum atomic E-state index is -0.875. The number of aliphatic hydroxyl groups is 1. The summed E-state index contributed by atoms with van der Waals surface area (Å²) >= 11 is 0. The maximum atomic E-state index is 13.6. The molecule has 0 aromatic heterocycles. The fraction of sp³-hybridized carbons (Fsp3) is 0.533. The van der Waals surface area contributed by atoms with Crippen molar-refractivity contribution in [2.24, 2.45) is 0 Å². The Bertz CT molecular complexity index is 514. The third kappa shape index (κ3) is 3.92. The molecule has 1 aromatic rings. The molecule has 0 spiro atoms. The average molecular weight is 296 g/mol. The van der Waals surface area contributed by atoms with Gasteiger partial charge in [0.05, 0.1) is 17.9 Å². The predicted octanol–water partition coefficient (Wildman–Crippen LogP) is 2.14. The van der Waals surface area contributed by atoms with Crippen molar-refractivity contribution in [3.05, 3.63) is 29.6 Å². The number of nitrogens with one attached hydrogen (secondary N) is 1. The number of carbonyl (C=O) groups is 1. The molecule has 0 bridgehead atoms. The first-order valence-corrected chi connectivity index (χ1v) is 6.97. The molecule has 1 heterocycles. The van der Waals surface area contributed by atoms with Gasteiger partial charge in [0.25, 0.3) is 0 Å². The molecule has 0 aliphatic carbocycles. The molecule has 1 aliphatic rings. The summed E-state index contributed by atoms with van der Waals surface area (Å²) in [5.74, 6) is -0.457. The minimum absolute atomic E-state index is 0.178. The number of halogens is 1. The van der Waals surface area contributed by atoms with Crippen molar-refractivity contribution in [1.29, 1.82) is 0 Å². The molecular formula is C15H21FN2O3. The van der Waals surface area contributed by atoms with Gasteiger partial charge in [-0.15, -0.1) is 0 Å². The van der Waals surface area contributed by atoms with Crippen LogP contribution in [0.1, 0.15) is 18.4 Å². The zero-order valence-electron chi connectivity index (χ0n) is 12.4. The molecule has 1 fully saturated rings. The highest BCUT2D eigenvalue weighted by Crippen LogP contribution is 2.23. The number of benzene rings is 1. The summed E-state index contributed by atoms with van der Waals surface area (Å²) in [4.78, 5) is 13.7. The monoisotopic (exact) mass is 296 g/mol. The van der Waals surface area contributed by atoms with Crippen molar-refractivity contribution >= 4 is 11.7 Å². The molecule has 6 heteroatoms.